The molecule has 5 rings (SSSR count). The molecule has 1 unspecified atom stereocenters. The van der Waals surface area contributed by atoms with E-state index in [0.29, 0.717) is 6.04 Å². The molecule has 6 heteroatoms. The van der Waals surface area contributed by atoms with E-state index in [2.05, 4.69) is 19.9 Å². The van der Waals surface area contributed by atoms with Crippen LogP contribution in [0.15, 0.2) is 4.52 Å². The van der Waals surface area contributed by atoms with Gasteiger partial charge < -0.3 is 10.3 Å². The second-order valence-corrected chi connectivity index (χ2v) is 6.64. The molecule has 0 aromatic carbocycles. The first kappa shape index (κ1) is 12.7. The third-order valence-corrected chi connectivity index (χ3v) is 5.16. The topological polar surface area (TPSA) is 71.4 Å². The van der Waals surface area contributed by atoms with Crippen LogP contribution in [-0.4, -0.2) is 58.2 Å². The first-order valence-electron chi connectivity index (χ1n) is 7.80. The zero-order valence-electron chi connectivity index (χ0n) is 11.9. The van der Waals surface area contributed by atoms with E-state index in [-0.39, 0.29) is 5.54 Å². The Labute approximate surface area is 119 Å². The number of hydrogen-bond donors (Lipinski definition) is 1. The molecule has 20 heavy (non-hydrogen) atoms. The molecule has 1 aliphatic carbocycles. The highest BCUT2D eigenvalue weighted by Crippen LogP contribution is 2.31. The van der Waals surface area contributed by atoms with Crippen molar-refractivity contribution in [3.8, 4) is 0 Å². The van der Waals surface area contributed by atoms with Gasteiger partial charge in [-0.25, -0.2) is 0 Å². The predicted molar refractivity (Wildman–Crippen MR) is 74.1 cm³/mol. The van der Waals surface area contributed by atoms with Crippen molar-refractivity contribution in [1.29, 1.82) is 0 Å². The highest BCUT2D eigenvalue weighted by molar-refractivity contribution is 5.04. The van der Waals surface area contributed by atoms with Gasteiger partial charge in [0.05, 0.1) is 6.04 Å². The number of piperazine rings is 3. The van der Waals surface area contributed by atoms with E-state index in [1.54, 1.807) is 0 Å². The Morgan fingerprint density at radius 2 is 1.95 bits per heavy atom. The SMILES string of the molecule is NC1(Cc2nc(C3CN4CCN3CC4)no2)CCCC1. The molecule has 4 fully saturated rings. The molecule has 1 aromatic rings. The standard InChI is InChI=1S/C14H23N5O/c15-14(3-1-2-4-14)9-12-16-13(17-20-12)11-10-18-5-7-19(11)8-6-18/h11H,1-10,15H2. The van der Waals surface area contributed by atoms with E-state index in [1.165, 1.54) is 25.9 Å². The maximum Gasteiger partial charge on any atom is 0.228 e. The van der Waals surface area contributed by atoms with Crippen molar-refractivity contribution in [2.45, 2.75) is 43.7 Å². The van der Waals surface area contributed by atoms with Gasteiger partial charge in [-0.1, -0.05) is 18.0 Å². The van der Waals surface area contributed by atoms with Gasteiger partial charge in [-0.2, -0.15) is 4.98 Å². The predicted octanol–water partition coefficient (Wildman–Crippen LogP) is 0.556. The Bertz CT molecular complexity index is 474. The van der Waals surface area contributed by atoms with Crippen LogP contribution < -0.4 is 5.73 Å². The molecule has 1 aromatic heterocycles. The second-order valence-electron chi connectivity index (χ2n) is 6.64. The minimum absolute atomic E-state index is 0.112. The van der Waals surface area contributed by atoms with Gasteiger partial charge in [0.25, 0.3) is 0 Å². The van der Waals surface area contributed by atoms with E-state index < -0.39 is 0 Å². The lowest BCUT2D eigenvalue weighted by molar-refractivity contribution is 0.00781. The monoisotopic (exact) mass is 277 g/mol. The molecule has 0 radical (unpaired) electrons. The van der Waals surface area contributed by atoms with Gasteiger partial charge in [0.15, 0.2) is 5.82 Å². The van der Waals surface area contributed by atoms with Gasteiger partial charge >= 0.3 is 0 Å². The van der Waals surface area contributed by atoms with E-state index in [0.717, 1.165) is 50.6 Å². The minimum atomic E-state index is -0.112. The van der Waals surface area contributed by atoms with Crippen LogP contribution in [0.25, 0.3) is 0 Å². The Morgan fingerprint density at radius 1 is 1.20 bits per heavy atom. The fourth-order valence-electron chi connectivity index (χ4n) is 3.89. The summed E-state index contributed by atoms with van der Waals surface area (Å²) < 4.78 is 5.47. The summed E-state index contributed by atoms with van der Waals surface area (Å²) in [6.07, 6.45) is 5.34. The van der Waals surface area contributed by atoms with Crippen LogP contribution in [0.3, 0.4) is 0 Å². The average molecular weight is 277 g/mol. The van der Waals surface area contributed by atoms with Gasteiger partial charge in [-0.3, -0.25) is 9.80 Å². The lowest BCUT2D eigenvalue weighted by Crippen LogP contribution is -2.57. The largest absolute Gasteiger partial charge is 0.339 e. The number of hydrogen-bond acceptors (Lipinski definition) is 6. The van der Waals surface area contributed by atoms with Gasteiger partial charge in [0.2, 0.25) is 5.89 Å². The van der Waals surface area contributed by atoms with Crippen LogP contribution in [0.5, 0.6) is 0 Å². The van der Waals surface area contributed by atoms with Crippen molar-refractivity contribution in [2.75, 3.05) is 32.7 Å². The summed E-state index contributed by atoms with van der Waals surface area (Å²) in [5.74, 6) is 1.58. The van der Waals surface area contributed by atoms with Crippen molar-refractivity contribution in [1.82, 2.24) is 19.9 Å². The number of aromatic nitrogens is 2. The highest BCUT2D eigenvalue weighted by Gasteiger charge is 2.37. The lowest BCUT2D eigenvalue weighted by atomic mass is 9.95. The van der Waals surface area contributed by atoms with Crippen LogP contribution in [0.2, 0.25) is 0 Å². The molecular formula is C14H23N5O. The first-order chi connectivity index (χ1) is 9.72. The molecular weight excluding hydrogens is 254 g/mol. The van der Waals surface area contributed by atoms with E-state index in [1.807, 2.05) is 0 Å². The summed E-state index contributed by atoms with van der Waals surface area (Å²) >= 11 is 0. The Morgan fingerprint density at radius 3 is 2.60 bits per heavy atom. The molecule has 110 valence electrons. The van der Waals surface area contributed by atoms with E-state index >= 15 is 0 Å². The van der Waals surface area contributed by atoms with E-state index in [9.17, 15) is 0 Å². The molecule has 4 aliphatic rings. The maximum absolute atomic E-state index is 6.39. The molecule has 2 bridgehead atoms. The minimum Gasteiger partial charge on any atom is -0.339 e. The molecule has 0 amide bonds. The Balaban J connectivity index is 1.48. The molecule has 1 atom stereocenters. The lowest BCUT2D eigenvalue weighted by Gasteiger charge is -2.46. The van der Waals surface area contributed by atoms with Crippen LogP contribution in [0.1, 0.15) is 43.4 Å². The molecule has 4 heterocycles. The molecule has 0 spiro atoms. The van der Waals surface area contributed by atoms with Crippen LogP contribution in [-0.2, 0) is 6.42 Å². The van der Waals surface area contributed by atoms with E-state index in [4.69, 9.17) is 10.3 Å². The molecule has 3 aliphatic heterocycles. The smallest absolute Gasteiger partial charge is 0.228 e. The van der Waals surface area contributed by atoms with Crippen molar-refractivity contribution >= 4 is 0 Å². The van der Waals surface area contributed by atoms with Gasteiger partial charge in [0.1, 0.15) is 0 Å². The quantitative estimate of drug-likeness (QED) is 0.870. The molecule has 6 nitrogen and oxygen atoms in total. The fraction of sp³-hybridized carbons (Fsp3) is 0.857. The van der Waals surface area contributed by atoms with Crippen LogP contribution in [0, 0.1) is 0 Å². The first-order valence-corrected chi connectivity index (χ1v) is 7.80. The number of nitrogens with two attached hydrogens (primary N) is 1. The fourth-order valence-corrected chi connectivity index (χ4v) is 3.89. The Kier molecular flexibility index (Phi) is 3.05. The summed E-state index contributed by atoms with van der Waals surface area (Å²) in [6.45, 7) is 5.62. The molecule has 1 saturated carbocycles. The van der Waals surface area contributed by atoms with Crippen LogP contribution in [0.4, 0.5) is 0 Å². The van der Waals surface area contributed by atoms with Gasteiger partial charge in [-0.15, -0.1) is 0 Å². The molecule has 3 saturated heterocycles. The number of rotatable bonds is 3. The van der Waals surface area contributed by atoms with Crippen molar-refractivity contribution in [3.63, 3.8) is 0 Å². The normalized spacial score (nSPS) is 35.5. The summed E-state index contributed by atoms with van der Waals surface area (Å²) in [5.41, 5.74) is 6.28. The highest BCUT2D eigenvalue weighted by atomic mass is 16.5. The van der Waals surface area contributed by atoms with Crippen LogP contribution >= 0.6 is 0 Å². The zero-order valence-corrected chi connectivity index (χ0v) is 11.9. The van der Waals surface area contributed by atoms with Gasteiger partial charge in [-0.05, 0) is 12.8 Å². The second kappa shape index (κ2) is 4.79. The summed E-state index contributed by atoms with van der Waals surface area (Å²) in [4.78, 5) is 9.60. The summed E-state index contributed by atoms with van der Waals surface area (Å²) in [5, 5.41) is 4.22. The number of fused-ring (bicyclic) bond motifs is 3. The summed E-state index contributed by atoms with van der Waals surface area (Å²) in [6, 6.07) is 0.312. The van der Waals surface area contributed by atoms with Crippen molar-refractivity contribution in [3.05, 3.63) is 11.7 Å². The average Bonchev–Trinajstić information content (AvgIpc) is 3.10. The zero-order chi connectivity index (χ0) is 13.6. The summed E-state index contributed by atoms with van der Waals surface area (Å²) in [7, 11) is 0. The van der Waals surface area contributed by atoms with Crippen molar-refractivity contribution in [2.24, 2.45) is 5.73 Å². The molecule has 2 N–H and O–H groups in total. The maximum atomic E-state index is 6.39. The Hall–Kier alpha value is -0.980. The third kappa shape index (κ3) is 2.25. The number of nitrogens with zero attached hydrogens (tertiary/aromatic N) is 4. The van der Waals surface area contributed by atoms with Gasteiger partial charge in [0, 0.05) is 44.7 Å². The third-order valence-electron chi connectivity index (χ3n) is 5.16. The van der Waals surface area contributed by atoms with Crippen molar-refractivity contribution < 1.29 is 4.52 Å².